The third kappa shape index (κ3) is 6.03. The van der Waals surface area contributed by atoms with Crippen LogP contribution < -0.4 is 10.5 Å². The Morgan fingerprint density at radius 3 is 2.62 bits per heavy atom. The van der Waals surface area contributed by atoms with Crippen LogP contribution in [0.15, 0.2) is 23.1 Å². The summed E-state index contributed by atoms with van der Waals surface area (Å²) in [6.07, 6.45) is 2.44. The molecule has 0 aliphatic heterocycles. The van der Waals surface area contributed by atoms with Crippen LogP contribution in [-0.2, 0) is 21.2 Å². The maximum Gasteiger partial charge on any atom is 0.240 e. The molecular formula is C15H26N2O3S. The topological polar surface area (TPSA) is 81.4 Å². The molecule has 1 aromatic carbocycles. The second kappa shape index (κ2) is 8.36. The molecular weight excluding hydrogens is 288 g/mol. The molecule has 6 heteroatoms. The molecule has 21 heavy (non-hydrogen) atoms. The number of hydrogen-bond donors (Lipinski definition) is 2. The highest BCUT2D eigenvalue weighted by atomic mass is 32.2. The van der Waals surface area contributed by atoms with Gasteiger partial charge in [-0.1, -0.05) is 13.0 Å². The molecule has 0 aliphatic carbocycles. The molecule has 0 atom stereocenters. The molecule has 1 aromatic rings. The fraction of sp³-hybridized carbons (Fsp3) is 0.600. The first-order valence-electron chi connectivity index (χ1n) is 7.36. The molecule has 0 fully saturated rings. The van der Waals surface area contributed by atoms with E-state index in [9.17, 15) is 8.42 Å². The maximum atomic E-state index is 12.3. The molecule has 3 N–H and O–H groups in total. The minimum Gasteiger partial charge on any atom is -0.399 e. The zero-order valence-corrected chi connectivity index (χ0v) is 13.9. The van der Waals surface area contributed by atoms with E-state index >= 15 is 0 Å². The summed E-state index contributed by atoms with van der Waals surface area (Å²) in [5.41, 5.74) is 6.93. The van der Waals surface area contributed by atoms with Gasteiger partial charge in [0.15, 0.2) is 0 Å². The summed E-state index contributed by atoms with van der Waals surface area (Å²) < 4.78 is 32.7. The third-order valence-electron chi connectivity index (χ3n) is 3.08. The normalized spacial score (nSPS) is 12.0. The lowest BCUT2D eigenvalue weighted by Crippen LogP contribution is -2.26. The summed E-state index contributed by atoms with van der Waals surface area (Å²) in [4.78, 5) is 0.281. The zero-order valence-electron chi connectivity index (χ0n) is 13.1. The van der Waals surface area contributed by atoms with Gasteiger partial charge in [-0.05, 0) is 50.8 Å². The van der Waals surface area contributed by atoms with Crippen molar-refractivity contribution in [3.8, 4) is 0 Å². The summed E-state index contributed by atoms with van der Waals surface area (Å²) in [6, 6.07) is 5.00. The molecule has 0 bridgehead atoms. The molecule has 5 nitrogen and oxygen atoms in total. The van der Waals surface area contributed by atoms with Crippen LogP contribution in [0.2, 0.25) is 0 Å². The van der Waals surface area contributed by atoms with Gasteiger partial charge in [-0.3, -0.25) is 0 Å². The Bertz CT molecular complexity index is 542. The highest BCUT2D eigenvalue weighted by Crippen LogP contribution is 2.19. The first-order valence-corrected chi connectivity index (χ1v) is 8.84. The summed E-state index contributed by atoms with van der Waals surface area (Å²) in [5, 5.41) is 0. The van der Waals surface area contributed by atoms with E-state index in [4.69, 9.17) is 10.5 Å². The van der Waals surface area contributed by atoms with Crippen LogP contribution in [0.4, 0.5) is 5.69 Å². The van der Waals surface area contributed by atoms with Gasteiger partial charge in [-0.15, -0.1) is 0 Å². The number of anilines is 1. The van der Waals surface area contributed by atoms with Crippen molar-refractivity contribution in [3.63, 3.8) is 0 Å². The number of nitrogens with one attached hydrogen (secondary N) is 1. The number of unbranched alkanes of at least 4 members (excludes halogenated alkanes) is 1. The number of ether oxygens (including phenoxy) is 1. The highest BCUT2D eigenvalue weighted by Gasteiger charge is 2.17. The van der Waals surface area contributed by atoms with Crippen molar-refractivity contribution in [1.82, 2.24) is 4.72 Å². The predicted octanol–water partition coefficient (Wildman–Crippen LogP) is 2.31. The Hall–Kier alpha value is -1.11. The standard InChI is InChI=1S/C15H26N2O3S/c1-4-13-7-8-14(16)11-15(13)21(18,19)17-9-5-6-10-20-12(2)3/h7-8,11-12,17H,4-6,9-10,16H2,1-3H3. The van der Waals surface area contributed by atoms with Gasteiger partial charge < -0.3 is 10.5 Å². The molecule has 120 valence electrons. The average Bonchev–Trinajstić information content (AvgIpc) is 2.42. The fourth-order valence-corrected chi connectivity index (χ4v) is 3.36. The molecule has 0 heterocycles. The first kappa shape index (κ1) is 17.9. The molecule has 0 amide bonds. The van der Waals surface area contributed by atoms with Gasteiger partial charge in [-0.2, -0.15) is 0 Å². The van der Waals surface area contributed by atoms with Crippen molar-refractivity contribution in [2.24, 2.45) is 0 Å². The minimum absolute atomic E-state index is 0.209. The molecule has 0 saturated carbocycles. The Kier molecular flexibility index (Phi) is 7.14. The van der Waals surface area contributed by atoms with Gasteiger partial charge in [0.2, 0.25) is 10.0 Å². The Labute approximate surface area is 127 Å². The van der Waals surface area contributed by atoms with Crippen LogP contribution in [0.5, 0.6) is 0 Å². The van der Waals surface area contributed by atoms with Gasteiger partial charge in [0.05, 0.1) is 11.0 Å². The summed E-state index contributed by atoms with van der Waals surface area (Å²) in [7, 11) is -3.50. The van der Waals surface area contributed by atoms with Crippen molar-refractivity contribution >= 4 is 15.7 Å². The molecule has 0 radical (unpaired) electrons. The van der Waals surface area contributed by atoms with E-state index in [1.54, 1.807) is 12.1 Å². The van der Waals surface area contributed by atoms with E-state index in [0.717, 1.165) is 18.4 Å². The molecule has 0 saturated heterocycles. The monoisotopic (exact) mass is 314 g/mol. The minimum atomic E-state index is -3.50. The summed E-state index contributed by atoms with van der Waals surface area (Å²) in [6.45, 7) is 6.94. The lowest BCUT2D eigenvalue weighted by atomic mass is 10.1. The van der Waals surface area contributed by atoms with Crippen LogP contribution in [0.3, 0.4) is 0 Å². The van der Waals surface area contributed by atoms with Gasteiger partial charge in [0, 0.05) is 18.8 Å². The van der Waals surface area contributed by atoms with Crippen LogP contribution in [0, 0.1) is 0 Å². The van der Waals surface area contributed by atoms with Crippen LogP contribution in [0.1, 0.15) is 39.2 Å². The maximum absolute atomic E-state index is 12.3. The molecule has 0 aromatic heterocycles. The number of rotatable bonds is 9. The van der Waals surface area contributed by atoms with E-state index < -0.39 is 10.0 Å². The number of hydrogen-bond acceptors (Lipinski definition) is 4. The van der Waals surface area contributed by atoms with Crippen molar-refractivity contribution < 1.29 is 13.2 Å². The summed E-state index contributed by atoms with van der Waals surface area (Å²) in [5.74, 6) is 0. The van der Waals surface area contributed by atoms with E-state index in [1.807, 2.05) is 20.8 Å². The zero-order chi connectivity index (χ0) is 15.9. The lowest BCUT2D eigenvalue weighted by Gasteiger charge is -2.12. The second-order valence-electron chi connectivity index (χ2n) is 5.25. The van der Waals surface area contributed by atoms with Crippen molar-refractivity contribution in [2.45, 2.75) is 51.0 Å². The number of aryl methyl sites for hydroxylation is 1. The SMILES string of the molecule is CCc1ccc(N)cc1S(=O)(=O)NCCCCOC(C)C. The lowest BCUT2D eigenvalue weighted by molar-refractivity contribution is 0.0762. The van der Waals surface area contributed by atoms with Crippen molar-refractivity contribution in [2.75, 3.05) is 18.9 Å². The van der Waals surface area contributed by atoms with Crippen LogP contribution in [0.25, 0.3) is 0 Å². The average molecular weight is 314 g/mol. The van der Waals surface area contributed by atoms with E-state index in [-0.39, 0.29) is 11.0 Å². The van der Waals surface area contributed by atoms with E-state index in [1.165, 1.54) is 6.07 Å². The Morgan fingerprint density at radius 1 is 1.29 bits per heavy atom. The number of sulfonamides is 1. The largest absolute Gasteiger partial charge is 0.399 e. The molecule has 0 aliphatic rings. The first-order chi connectivity index (χ1) is 9.86. The number of nitrogens with two attached hydrogens (primary N) is 1. The fourth-order valence-electron chi connectivity index (χ4n) is 1.94. The van der Waals surface area contributed by atoms with Gasteiger partial charge in [0.1, 0.15) is 0 Å². The second-order valence-corrected chi connectivity index (χ2v) is 6.98. The van der Waals surface area contributed by atoms with Gasteiger partial charge >= 0.3 is 0 Å². The van der Waals surface area contributed by atoms with Crippen LogP contribution in [-0.4, -0.2) is 27.7 Å². The van der Waals surface area contributed by atoms with Crippen molar-refractivity contribution in [1.29, 1.82) is 0 Å². The van der Waals surface area contributed by atoms with E-state index in [2.05, 4.69) is 4.72 Å². The Balaban J connectivity index is 2.56. The highest BCUT2D eigenvalue weighted by molar-refractivity contribution is 7.89. The van der Waals surface area contributed by atoms with Crippen LogP contribution >= 0.6 is 0 Å². The molecule has 0 unspecified atom stereocenters. The smallest absolute Gasteiger partial charge is 0.240 e. The predicted molar refractivity (Wildman–Crippen MR) is 85.7 cm³/mol. The molecule has 1 rings (SSSR count). The third-order valence-corrected chi connectivity index (χ3v) is 4.62. The Morgan fingerprint density at radius 2 is 2.00 bits per heavy atom. The molecule has 0 spiro atoms. The summed E-state index contributed by atoms with van der Waals surface area (Å²) >= 11 is 0. The quantitative estimate of drug-likeness (QED) is 0.541. The van der Waals surface area contributed by atoms with Gasteiger partial charge in [0.25, 0.3) is 0 Å². The van der Waals surface area contributed by atoms with Crippen molar-refractivity contribution in [3.05, 3.63) is 23.8 Å². The van der Waals surface area contributed by atoms with Gasteiger partial charge in [-0.25, -0.2) is 13.1 Å². The number of nitrogen functional groups attached to an aromatic ring is 1. The number of benzene rings is 1. The van der Waals surface area contributed by atoms with E-state index in [0.29, 0.717) is 25.3 Å².